The Morgan fingerprint density at radius 2 is 1.75 bits per heavy atom. The number of benzene rings is 2. The lowest BCUT2D eigenvalue weighted by Crippen LogP contribution is -2.13. The fraction of sp³-hybridized carbons (Fsp3) is 0.188. The molecule has 0 saturated carbocycles. The van der Waals surface area contributed by atoms with Gasteiger partial charge >= 0.3 is 0 Å². The largest absolute Gasteiger partial charge is 0.482 e. The number of ether oxygens (including phenoxy) is 1. The summed E-state index contributed by atoms with van der Waals surface area (Å²) < 4.78 is 5.47. The number of ketones is 1. The van der Waals surface area contributed by atoms with E-state index >= 15 is 0 Å². The van der Waals surface area contributed by atoms with E-state index in [1.54, 1.807) is 18.2 Å². The van der Waals surface area contributed by atoms with Gasteiger partial charge in [-0.2, -0.15) is 0 Å². The zero-order valence-corrected chi connectivity index (χ0v) is 12.8. The minimum atomic E-state index is -0.0952. The maximum absolute atomic E-state index is 12.2. The Hall–Kier alpha value is -1.51. The third kappa shape index (κ3) is 3.33. The average Bonchev–Trinajstić information content (AvgIpc) is 2.40. The third-order valence-electron chi connectivity index (χ3n) is 2.96. The van der Waals surface area contributed by atoms with Gasteiger partial charge in [-0.15, -0.1) is 0 Å². The van der Waals surface area contributed by atoms with Crippen LogP contribution in [0.1, 0.15) is 21.5 Å². The van der Waals surface area contributed by atoms with E-state index in [-0.39, 0.29) is 12.4 Å². The fourth-order valence-electron chi connectivity index (χ4n) is 1.87. The summed E-state index contributed by atoms with van der Waals surface area (Å²) in [5, 5.41) is 0.789. The smallest absolute Gasteiger partial charge is 0.200 e. The maximum atomic E-state index is 12.2. The molecule has 0 radical (unpaired) electrons. The summed E-state index contributed by atoms with van der Waals surface area (Å²) in [6, 6.07) is 10.8. The van der Waals surface area contributed by atoms with Gasteiger partial charge in [0.2, 0.25) is 0 Å². The Morgan fingerprint density at radius 3 is 2.40 bits per heavy atom. The molecule has 2 rings (SSSR count). The first kappa shape index (κ1) is 14.9. The van der Waals surface area contributed by atoms with Crippen molar-refractivity contribution in [1.82, 2.24) is 0 Å². The van der Waals surface area contributed by atoms with Crippen molar-refractivity contribution in [2.24, 2.45) is 0 Å². The van der Waals surface area contributed by atoms with Gasteiger partial charge in [-0.05, 0) is 37.6 Å². The molecule has 2 aromatic rings. The number of rotatable bonds is 4. The van der Waals surface area contributed by atoms with Crippen LogP contribution in [0.25, 0.3) is 0 Å². The molecule has 0 spiro atoms. The Kier molecular flexibility index (Phi) is 4.69. The Balaban J connectivity index is 2.15. The second-order valence-electron chi connectivity index (χ2n) is 4.58. The van der Waals surface area contributed by atoms with Crippen LogP contribution >= 0.6 is 23.2 Å². The topological polar surface area (TPSA) is 26.3 Å². The zero-order valence-electron chi connectivity index (χ0n) is 11.2. The summed E-state index contributed by atoms with van der Waals surface area (Å²) in [7, 11) is 0. The van der Waals surface area contributed by atoms with E-state index < -0.39 is 0 Å². The number of hydrogen-bond donors (Lipinski definition) is 0. The molecular weight excluding hydrogens is 295 g/mol. The number of para-hydroxylation sites is 1. The second-order valence-corrected chi connectivity index (χ2v) is 5.40. The van der Waals surface area contributed by atoms with Gasteiger partial charge in [0.1, 0.15) is 0 Å². The van der Waals surface area contributed by atoms with Crippen LogP contribution in [-0.2, 0) is 0 Å². The highest BCUT2D eigenvalue weighted by Crippen LogP contribution is 2.32. The van der Waals surface area contributed by atoms with Crippen LogP contribution in [0.15, 0.2) is 36.4 Å². The fourth-order valence-corrected chi connectivity index (χ4v) is 2.38. The van der Waals surface area contributed by atoms with Crippen molar-refractivity contribution in [2.45, 2.75) is 13.8 Å². The van der Waals surface area contributed by atoms with E-state index in [0.29, 0.717) is 21.4 Å². The standard InChI is InChI=1S/C16H14Cl2O2/c1-10-6-7-11(2)12(8-10)15(19)9-20-16-13(17)4-3-5-14(16)18/h3-8H,9H2,1-2H3. The summed E-state index contributed by atoms with van der Waals surface area (Å²) in [5.74, 6) is 0.247. The van der Waals surface area contributed by atoms with E-state index in [1.807, 2.05) is 32.0 Å². The molecule has 0 bridgehead atoms. The van der Waals surface area contributed by atoms with E-state index in [4.69, 9.17) is 27.9 Å². The molecule has 0 unspecified atom stereocenters. The van der Waals surface area contributed by atoms with Gasteiger partial charge in [0.25, 0.3) is 0 Å². The molecule has 2 aromatic carbocycles. The van der Waals surface area contributed by atoms with Crippen LogP contribution in [0.3, 0.4) is 0 Å². The van der Waals surface area contributed by atoms with Crippen molar-refractivity contribution in [3.8, 4) is 5.75 Å². The van der Waals surface area contributed by atoms with E-state index in [1.165, 1.54) is 0 Å². The van der Waals surface area contributed by atoms with Gasteiger partial charge in [-0.25, -0.2) is 0 Å². The summed E-state index contributed by atoms with van der Waals surface area (Å²) in [6.07, 6.45) is 0. The molecule has 4 heteroatoms. The summed E-state index contributed by atoms with van der Waals surface area (Å²) >= 11 is 12.0. The number of Topliss-reactive ketones (excluding diaryl/α,β-unsaturated/α-hetero) is 1. The molecule has 0 heterocycles. The SMILES string of the molecule is Cc1ccc(C)c(C(=O)COc2c(Cl)cccc2Cl)c1. The van der Waals surface area contributed by atoms with Crippen LogP contribution in [0, 0.1) is 13.8 Å². The lowest BCUT2D eigenvalue weighted by molar-refractivity contribution is 0.0921. The van der Waals surface area contributed by atoms with Gasteiger partial charge in [0, 0.05) is 5.56 Å². The van der Waals surface area contributed by atoms with Gasteiger partial charge in [0.15, 0.2) is 18.1 Å². The molecule has 0 fully saturated rings. The number of carbonyl (C=O) groups excluding carboxylic acids is 1. The number of halogens is 2. The number of aryl methyl sites for hydroxylation is 2. The molecule has 0 aliphatic carbocycles. The van der Waals surface area contributed by atoms with Crippen molar-refractivity contribution in [3.05, 3.63) is 63.1 Å². The predicted octanol–water partition coefficient (Wildman–Crippen LogP) is 4.87. The molecule has 0 aliphatic heterocycles. The molecule has 2 nitrogen and oxygen atoms in total. The Labute approximate surface area is 128 Å². The lowest BCUT2D eigenvalue weighted by atomic mass is 10.0. The van der Waals surface area contributed by atoms with Gasteiger partial charge in [0.05, 0.1) is 10.0 Å². The second kappa shape index (κ2) is 6.29. The van der Waals surface area contributed by atoms with Crippen molar-refractivity contribution in [3.63, 3.8) is 0 Å². The molecule has 0 atom stereocenters. The molecule has 0 aromatic heterocycles. The molecule has 20 heavy (non-hydrogen) atoms. The van der Waals surface area contributed by atoms with Crippen molar-refractivity contribution >= 4 is 29.0 Å². The minimum Gasteiger partial charge on any atom is -0.482 e. The first-order chi connectivity index (χ1) is 9.49. The summed E-state index contributed by atoms with van der Waals surface area (Å²) in [5.41, 5.74) is 2.62. The van der Waals surface area contributed by atoms with Gasteiger partial charge in [-0.3, -0.25) is 4.79 Å². The van der Waals surface area contributed by atoms with E-state index in [0.717, 1.165) is 11.1 Å². The van der Waals surface area contributed by atoms with Gasteiger partial charge < -0.3 is 4.74 Å². The molecule has 0 saturated heterocycles. The van der Waals surface area contributed by atoms with Crippen LogP contribution < -0.4 is 4.74 Å². The highest BCUT2D eigenvalue weighted by atomic mass is 35.5. The molecule has 0 aliphatic rings. The van der Waals surface area contributed by atoms with Crippen molar-refractivity contribution < 1.29 is 9.53 Å². The molecule has 0 amide bonds. The summed E-state index contributed by atoms with van der Waals surface area (Å²) in [6.45, 7) is 3.75. The molecular formula is C16H14Cl2O2. The number of carbonyl (C=O) groups is 1. The van der Waals surface area contributed by atoms with E-state index in [2.05, 4.69) is 0 Å². The highest BCUT2D eigenvalue weighted by molar-refractivity contribution is 6.37. The average molecular weight is 309 g/mol. The van der Waals surface area contributed by atoms with E-state index in [9.17, 15) is 4.79 Å². The Morgan fingerprint density at radius 1 is 1.10 bits per heavy atom. The molecule has 104 valence electrons. The monoisotopic (exact) mass is 308 g/mol. The highest BCUT2D eigenvalue weighted by Gasteiger charge is 2.13. The third-order valence-corrected chi connectivity index (χ3v) is 3.56. The van der Waals surface area contributed by atoms with Crippen molar-refractivity contribution in [2.75, 3.05) is 6.61 Å². The van der Waals surface area contributed by atoms with Crippen LogP contribution in [0.2, 0.25) is 10.0 Å². The lowest BCUT2D eigenvalue weighted by Gasteiger charge is -2.10. The molecule has 0 N–H and O–H groups in total. The first-order valence-corrected chi connectivity index (χ1v) is 6.92. The number of hydrogen-bond acceptors (Lipinski definition) is 2. The van der Waals surface area contributed by atoms with Crippen LogP contribution in [-0.4, -0.2) is 12.4 Å². The Bertz CT molecular complexity index is 631. The van der Waals surface area contributed by atoms with Crippen LogP contribution in [0.5, 0.6) is 5.75 Å². The van der Waals surface area contributed by atoms with Gasteiger partial charge in [-0.1, -0.05) is 47.0 Å². The first-order valence-electron chi connectivity index (χ1n) is 6.16. The maximum Gasteiger partial charge on any atom is 0.200 e. The minimum absolute atomic E-state index is 0.0895. The normalized spacial score (nSPS) is 10.4. The van der Waals surface area contributed by atoms with Crippen molar-refractivity contribution in [1.29, 1.82) is 0 Å². The quantitative estimate of drug-likeness (QED) is 0.753. The summed E-state index contributed by atoms with van der Waals surface area (Å²) in [4.78, 5) is 12.2. The predicted molar refractivity (Wildman–Crippen MR) is 82.2 cm³/mol. The van der Waals surface area contributed by atoms with Crippen LogP contribution in [0.4, 0.5) is 0 Å². The zero-order chi connectivity index (χ0) is 14.7.